The summed E-state index contributed by atoms with van der Waals surface area (Å²) in [4.78, 5) is 0. The Bertz CT molecular complexity index is 643. The van der Waals surface area contributed by atoms with Gasteiger partial charge >= 0.3 is 0 Å². The average Bonchev–Trinajstić information content (AvgIpc) is 2.55. The summed E-state index contributed by atoms with van der Waals surface area (Å²) in [5.41, 5.74) is 3.85. The third-order valence-corrected chi connectivity index (χ3v) is 5.08. The van der Waals surface area contributed by atoms with Crippen LogP contribution in [0.2, 0.25) is 0 Å². The molecule has 1 N–H and O–H groups in total. The zero-order valence-corrected chi connectivity index (χ0v) is 13.3. The molecule has 4 rings (SSSR count). The SMILES string of the molecule is Brc1ccc2c(c1)[C@@H]1OCCC[C@@H]1[C@@H](c1ccccc1)N2. The molecule has 0 bridgehead atoms. The maximum atomic E-state index is 6.15. The number of nitrogens with one attached hydrogen (secondary N) is 1. The number of benzene rings is 2. The van der Waals surface area contributed by atoms with Gasteiger partial charge in [-0.25, -0.2) is 0 Å². The minimum absolute atomic E-state index is 0.206. The average molecular weight is 344 g/mol. The van der Waals surface area contributed by atoms with Gasteiger partial charge in [-0.1, -0.05) is 46.3 Å². The molecular formula is C18H18BrNO. The number of hydrogen-bond acceptors (Lipinski definition) is 2. The van der Waals surface area contributed by atoms with E-state index in [9.17, 15) is 0 Å². The number of hydrogen-bond donors (Lipinski definition) is 1. The van der Waals surface area contributed by atoms with Crippen molar-refractivity contribution in [1.82, 2.24) is 0 Å². The molecule has 3 atom stereocenters. The molecule has 1 fully saturated rings. The molecule has 2 heterocycles. The molecule has 2 nitrogen and oxygen atoms in total. The van der Waals surface area contributed by atoms with E-state index in [2.05, 4.69) is 69.8 Å². The Morgan fingerprint density at radius 2 is 1.95 bits per heavy atom. The van der Waals surface area contributed by atoms with E-state index in [1.165, 1.54) is 23.2 Å². The van der Waals surface area contributed by atoms with E-state index in [0.29, 0.717) is 12.0 Å². The highest BCUT2D eigenvalue weighted by molar-refractivity contribution is 9.10. The van der Waals surface area contributed by atoms with Crippen molar-refractivity contribution in [2.24, 2.45) is 5.92 Å². The molecule has 3 heteroatoms. The van der Waals surface area contributed by atoms with Gasteiger partial charge in [0, 0.05) is 28.2 Å². The van der Waals surface area contributed by atoms with Crippen LogP contribution in [0.4, 0.5) is 5.69 Å². The Hall–Kier alpha value is -1.32. The van der Waals surface area contributed by atoms with Gasteiger partial charge in [0.25, 0.3) is 0 Å². The van der Waals surface area contributed by atoms with Crippen LogP contribution >= 0.6 is 15.9 Å². The first-order valence-corrected chi connectivity index (χ1v) is 8.35. The van der Waals surface area contributed by atoms with Gasteiger partial charge in [0.1, 0.15) is 0 Å². The summed E-state index contributed by atoms with van der Waals surface area (Å²) in [7, 11) is 0. The van der Waals surface area contributed by atoms with Gasteiger partial charge in [-0.15, -0.1) is 0 Å². The first-order chi connectivity index (χ1) is 10.3. The second kappa shape index (κ2) is 5.47. The molecule has 0 unspecified atom stereocenters. The lowest BCUT2D eigenvalue weighted by Gasteiger charge is -2.43. The van der Waals surface area contributed by atoms with Crippen molar-refractivity contribution in [2.75, 3.05) is 11.9 Å². The highest BCUT2D eigenvalue weighted by Crippen LogP contribution is 2.49. The largest absolute Gasteiger partial charge is 0.378 e. The maximum absolute atomic E-state index is 6.15. The van der Waals surface area contributed by atoms with E-state index in [-0.39, 0.29) is 6.10 Å². The third-order valence-electron chi connectivity index (χ3n) is 4.59. The third kappa shape index (κ3) is 2.39. The second-order valence-corrected chi connectivity index (χ2v) is 6.78. The standard InChI is InChI=1S/C18H18BrNO/c19-13-8-9-16-15(11-13)18-14(7-4-10-21-18)17(20-16)12-5-2-1-3-6-12/h1-3,5-6,8-9,11,14,17-18,20H,4,7,10H2/t14-,17-,18-/m1/s1. The molecule has 0 aromatic heterocycles. The van der Waals surface area contributed by atoms with E-state index in [0.717, 1.165) is 17.5 Å². The summed E-state index contributed by atoms with van der Waals surface area (Å²) in [5.74, 6) is 0.503. The molecule has 0 spiro atoms. The molecular weight excluding hydrogens is 326 g/mol. The summed E-state index contributed by atoms with van der Waals surface area (Å²) in [6.45, 7) is 0.870. The van der Waals surface area contributed by atoms with Gasteiger partial charge in [0.05, 0.1) is 12.1 Å². The van der Waals surface area contributed by atoms with Crippen LogP contribution in [0.25, 0.3) is 0 Å². The Morgan fingerprint density at radius 3 is 2.81 bits per heavy atom. The number of ether oxygens (including phenoxy) is 1. The van der Waals surface area contributed by atoms with E-state index < -0.39 is 0 Å². The zero-order valence-electron chi connectivity index (χ0n) is 11.8. The molecule has 21 heavy (non-hydrogen) atoms. The highest BCUT2D eigenvalue weighted by atomic mass is 79.9. The fraction of sp³-hybridized carbons (Fsp3) is 0.333. The number of halogens is 1. The van der Waals surface area contributed by atoms with Crippen LogP contribution in [0.3, 0.4) is 0 Å². The van der Waals surface area contributed by atoms with Gasteiger partial charge in [0.15, 0.2) is 0 Å². The van der Waals surface area contributed by atoms with E-state index >= 15 is 0 Å². The molecule has 108 valence electrons. The summed E-state index contributed by atoms with van der Waals surface area (Å²) >= 11 is 3.58. The topological polar surface area (TPSA) is 21.3 Å². The first kappa shape index (κ1) is 13.4. The zero-order chi connectivity index (χ0) is 14.2. The van der Waals surface area contributed by atoms with Gasteiger partial charge in [-0.3, -0.25) is 0 Å². The van der Waals surface area contributed by atoms with Crippen molar-refractivity contribution in [1.29, 1.82) is 0 Å². The summed E-state index contributed by atoms with van der Waals surface area (Å²) in [6.07, 6.45) is 2.57. The van der Waals surface area contributed by atoms with Gasteiger partial charge in [0.2, 0.25) is 0 Å². The predicted octanol–water partition coefficient (Wildman–Crippen LogP) is 5.08. The summed E-state index contributed by atoms with van der Waals surface area (Å²) in [6, 6.07) is 17.5. The number of rotatable bonds is 1. The number of anilines is 1. The predicted molar refractivity (Wildman–Crippen MR) is 88.4 cm³/mol. The number of fused-ring (bicyclic) bond motifs is 3. The normalized spacial score (nSPS) is 27.4. The van der Waals surface area contributed by atoms with Crippen LogP contribution in [-0.4, -0.2) is 6.61 Å². The lowest BCUT2D eigenvalue weighted by molar-refractivity contribution is -0.0381. The molecule has 2 aromatic rings. The Morgan fingerprint density at radius 1 is 1.10 bits per heavy atom. The lowest BCUT2D eigenvalue weighted by Crippen LogP contribution is -2.35. The molecule has 0 saturated carbocycles. The maximum Gasteiger partial charge on any atom is 0.0896 e. The van der Waals surface area contributed by atoms with Crippen molar-refractivity contribution in [2.45, 2.75) is 25.0 Å². The van der Waals surface area contributed by atoms with Gasteiger partial charge in [-0.05, 0) is 36.6 Å². The van der Waals surface area contributed by atoms with Crippen LogP contribution in [0.5, 0.6) is 0 Å². The fourth-order valence-electron chi connectivity index (χ4n) is 3.63. The van der Waals surface area contributed by atoms with Crippen molar-refractivity contribution < 1.29 is 4.74 Å². The Kier molecular flexibility index (Phi) is 3.48. The minimum atomic E-state index is 0.206. The Labute approximate surface area is 133 Å². The molecule has 0 amide bonds. The molecule has 0 aliphatic carbocycles. The van der Waals surface area contributed by atoms with Crippen LogP contribution < -0.4 is 5.32 Å². The molecule has 2 aliphatic rings. The van der Waals surface area contributed by atoms with Crippen molar-refractivity contribution >= 4 is 21.6 Å². The highest BCUT2D eigenvalue weighted by Gasteiger charge is 2.39. The molecule has 1 saturated heterocycles. The quantitative estimate of drug-likeness (QED) is 0.779. The van der Waals surface area contributed by atoms with Crippen molar-refractivity contribution in [3.63, 3.8) is 0 Å². The van der Waals surface area contributed by atoms with Crippen molar-refractivity contribution in [3.05, 3.63) is 64.1 Å². The summed E-state index contributed by atoms with van der Waals surface area (Å²) in [5, 5.41) is 3.74. The first-order valence-electron chi connectivity index (χ1n) is 7.55. The molecule has 2 aliphatic heterocycles. The lowest BCUT2D eigenvalue weighted by atomic mass is 9.77. The second-order valence-electron chi connectivity index (χ2n) is 5.86. The smallest absolute Gasteiger partial charge is 0.0896 e. The minimum Gasteiger partial charge on any atom is -0.378 e. The van der Waals surface area contributed by atoms with Gasteiger partial charge < -0.3 is 10.1 Å². The molecule has 2 aromatic carbocycles. The van der Waals surface area contributed by atoms with Gasteiger partial charge in [-0.2, -0.15) is 0 Å². The van der Waals surface area contributed by atoms with E-state index in [4.69, 9.17) is 4.74 Å². The van der Waals surface area contributed by atoms with E-state index in [1.807, 2.05) is 0 Å². The van der Waals surface area contributed by atoms with Crippen molar-refractivity contribution in [3.8, 4) is 0 Å². The fourth-order valence-corrected chi connectivity index (χ4v) is 4.01. The van der Waals surface area contributed by atoms with E-state index in [1.54, 1.807) is 0 Å². The molecule has 0 radical (unpaired) electrons. The van der Waals surface area contributed by atoms with Crippen LogP contribution in [-0.2, 0) is 4.74 Å². The Balaban J connectivity index is 1.79. The monoisotopic (exact) mass is 343 g/mol. The summed E-state index contributed by atoms with van der Waals surface area (Å²) < 4.78 is 7.27. The van der Waals surface area contributed by atoms with Crippen LogP contribution in [0.15, 0.2) is 53.0 Å². The van der Waals surface area contributed by atoms with Crippen LogP contribution in [0.1, 0.15) is 36.1 Å². The van der Waals surface area contributed by atoms with Crippen LogP contribution in [0, 0.1) is 5.92 Å².